The molecule has 0 bridgehead atoms. The van der Waals surface area contributed by atoms with Crippen LogP contribution in [0, 0.1) is 17.8 Å². The molecule has 3 heteroatoms. The standard InChI is InChI=1S/C22H31Cl2N/c1-15(2)13-17-7-9-19(10-8-17)25-12-11-18(16(25)3)14-20-21(23)5-4-6-22(20)24/h4-6,15,17-19H,3,7-14H2,1-2H3. The Labute approximate surface area is 163 Å². The van der Waals surface area contributed by atoms with E-state index in [4.69, 9.17) is 23.2 Å². The molecule has 25 heavy (non-hydrogen) atoms. The number of rotatable bonds is 5. The fourth-order valence-electron chi connectivity index (χ4n) is 4.81. The summed E-state index contributed by atoms with van der Waals surface area (Å²) in [5.41, 5.74) is 2.39. The minimum absolute atomic E-state index is 0.478. The van der Waals surface area contributed by atoms with Crippen LogP contribution in [0.2, 0.25) is 10.0 Å². The highest BCUT2D eigenvalue weighted by Crippen LogP contribution is 2.39. The monoisotopic (exact) mass is 379 g/mol. The zero-order valence-electron chi connectivity index (χ0n) is 15.6. The van der Waals surface area contributed by atoms with Gasteiger partial charge in [0.1, 0.15) is 0 Å². The summed E-state index contributed by atoms with van der Waals surface area (Å²) in [6.07, 6.45) is 8.90. The molecule has 0 spiro atoms. The first-order chi connectivity index (χ1) is 12.0. The van der Waals surface area contributed by atoms with Crippen molar-refractivity contribution in [3.8, 4) is 0 Å². The number of likely N-dealkylation sites (tertiary alicyclic amines) is 1. The zero-order valence-corrected chi connectivity index (χ0v) is 17.1. The second-order valence-corrected chi connectivity index (χ2v) is 9.19. The number of hydrogen-bond donors (Lipinski definition) is 0. The third-order valence-electron chi connectivity index (χ3n) is 6.13. The molecule has 2 aliphatic rings. The van der Waals surface area contributed by atoms with E-state index in [1.54, 1.807) is 0 Å². The van der Waals surface area contributed by atoms with E-state index in [9.17, 15) is 0 Å². The third-order valence-corrected chi connectivity index (χ3v) is 6.84. The maximum absolute atomic E-state index is 6.37. The van der Waals surface area contributed by atoms with Gasteiger partial charge in [-0.05, 0) is 74.5 Å². The number of allylic oxidation sites excluding steroid dienone is 1. The van der Waals surface area contributed by atoms with Crippen molar-refractivity contribution in [3.05, 3.63) is 46.1 Å². The molecule has 1 saturated carbocycles. The summed E-state index contributed by atoms with van der Waals surface area (Å²) >= 11 is 12.7. The quantitative estimate of drug-likeness (QED) is 0.533. The Bertz CT molecular complexity index is 582. The average Bonchev–Trinajstić information content (AvgIpc) is 2.92. The van der Waals surface area contributed by atoms with Gasteiger partial charge in [0.25, 0.3) is 0 Å². The number of hydrogen-bond acceptors (Lipinski definition) is 1. The Morgan fingerprint density at radius 2 is 1.72 bits per heavy atom. The van der Waals surface area contributed by atoms with Gasteiger partial charge >= 0.3 is 0 Å². The second-order valence-electron chi connectivity index (χ2n) is 8.38. The van der Waals surface area contributed by atoms with Crippen molar-refractivity contribution in [2.75, 3.05) is 6.54 Å². The summed E-state index contributed by atoms with van der Waals surface area (Å²) in [5, 5.41) is 1.57. The van der Waals surface area contributed by atoms with Crippen molar-refractivity contribution in [2.24, 2.45) is 17.8 Å². The predicted octanol–water partition coefficient (Wildman–Crippen LogP) is 6.98. The average molecular weight is 380 g/mol. The fraction of sp³-hybridized carbons (Fsp3) is 0.636. The molecule has 1 atom stereocenters. The Hall–Kier alpha value is -0.660. The van der Waals surface area contributed by atoms with Crippen LogP contribution in [0.1, 0.15) is 57.9 Å². The lowest BCUT2D eigenvalue weighted by Crippen LogP contribution is -2.35. The first-order valence-corrected chi connectivity index (χ1v) is 10.6. The molecule has 1 nitrogen and oxygen atoms in total. The van der Waals surface area contributed by atoms with Gasteiger partial charge in [0.05, 0.1) is 0 Å². The lowest BCUT2D eigenvalue weighted by atomic mass is 9.81. The van der Waals surface area contributed by atoms with Crippen LogP contribution >= 0.6 is 23.2 Å². The first-order valence-electron chi connectivity index (χ1n) is 9.84. The Balaban J connectivity index is 1.57. The van der Waals surface area contributed by atoms with E-state index < -0.39 is 0 Å². The number of nitrogens with zero attached hydrogens (tertiary/aromatic N) is 1. The molecule has 0 amide bonds. The van der Waals surface area contributed by atoms with Gasteiger partial charge in [0.15, 0.2) is 0 Å². The molecule has 1 aliphatic carbocycles. The first kappa shape index (κ1) is 19.1. The lowest BCUT2D eigenvalue weighted by Gasteiger charge is -2.37. The van der Waals surface area contributed by atoms with Crippen molar-refractivity contribution < 1.29 is 0 Å². The molecule has 1 aliphatic heterocycles. The van der Waals surface area contributed by atoms with Crippen molar-refractivity contribution in [1.29, 1.82) is 0 Å². The molecule has 0 radical (unpaired) electrons. The highest BCUT2D eigenvalue weighted by atomic mass is 35.5. The maximum Gasteiger partial charge on any atom is 0.0453 e. The van der Waals surface area contributed by atoms with E-state index >= 15 is 0 Å². The van der Waals surface area contributed by atoms with E-state index in [0.717, 1.165) is 40.4 Å². The second kappa shape index (κ2) is 8.35. The molecular weight excluding hydrogens is 349 g/mol. The summed E-state index contributed by atoms with van der Waals surface area (Å²) in [5.74, 6) is 2.24. The van der Waals surface area contributed by atoms with Gasteiger partial charge < -0.3 is 4.90 Å². The molecule has 3 rings (SSSR count). The van der Waals surface area contributed by atoms with Crippen molar-refractivity contribution in [1.82, 2.24) is 4.90 Å². The van der Waals surface area contributed by atoms with Gasteiger partial charge in [-0.25, -0.2) is 0 Å². The summed E-state index contributed by atoms with van der Waals surface area (Å²) in [4.78, 5) is 2.60. The van der Waals surface area contributed by atoms with Gasteiger partial charge in [-0.1, -0.05) is 49.7 Å². The SMILES string of the molecule is C=C1C(Cc2c(Cl)cccc2Cl)CCN1C1CCC(CC(C)C)CC1. The largest absolute Gasteiger partial charge is 0.372 e. The smallest absolute Gasteiger partial charge is 0.0453 e. The van der Waals surface area contributed by atoms with E-state index in [-0.39, 0.29) is 0 Å². The predicted molar refractivity (Wildman–Crippen MR) is 109 cm³/mol. The Morgan fingerprint density at radius 1 is 1.08 bits per heavy atom. The van der Waals surface area contributed by atoms with Crippen LogP contribution in [-0.2, 0) is 6.42 Å². The third kappa shape index (κ3) is 4.55. The molecule has 1 aromatic rings. The molecule has 1 aromatic carbocycles. The van der Waals surface area contributed by atoms with E-state index in [1.165, 1.54) is 44.2 Å². The van der Waals surface area contributed by atoms with Gasteiger partial charge in [0, 0.05) is 34.2 Å². The Morgan fingerprint density at radius 3 is 2.32 bits per heavy atom. The summed E-state index contributed by atoms with van der Waals surface area (Å²) < 4.78 is 0. The van der Waals surface area contributed by atoms with Gasteiger partial charge in [-0.2, -0.15) is 0 Å². The van der Waals surface area contributed by atoms with E-state index in [2.05, 4.69) is 25.3 Å². The molecule has 0 aromatic heterocycles. The van der Waals surface area contributed by atoms with Gasteiger partial charge in [-0.3, -0.25) is 0 Å². The molecule has 1 heterocycles. The van der Waals surface area contributed by atoms with Crippen LogP contribution in [0.15, 0.2) is 30.5 Å². The van der Waals surface area contributed by atoms with Crippen molar-refractivity contribution >= 4 is 23.2 Å². The van der Waals surface area contributed by atoms with E-state index in [1.807, 2.05) is 18.2 Å². The molecule has 0 N–H and O–H groups in total. The summed E-state index contributed by atoms with van der Waals surface area (Å²) in [7, 11) is 0. The van der Waals surface area contributed by atoms with Crippen LogP contribution in [0.4, 0.5) is 0 Å². The summed E-state index contributed by atoms with van der Waals surface area (Å²) in [6.45, 7) is 10.3. The maximum atomic E-state index is 6.37. The molecular formula is C22H31Cl2N. The Kier molecular flexibility index (Phi) is 6.39. The molecule has 1 unspecified atom stereocenters. The molecule has 2 fully saturated rings. The topological polar surface area (TPSA) is 3.24 Å². The van der Waals surface area contributed by atoms with Crippen LogP contribution in [0.3, 0.4) is 0 Å². The minimum atomic E-state index is 0.478. The van der Waals surface area contributed by atoms with Crippen molar-refractivity contribution in [3.63, 3.8) is 0 Å². The van der Waals surface area contributed by atoms with Crippen LogP contribution in [-0.4, -0.2) is 17.5 Å². The fourth-order valence-corrected chi connectivity index (χ4v) is 5.36. The van der Waals surface area contributed by atoms with Crippen LogP contribution in [0.5, 0.6) is 0 Å². The van der Waals surface area contributed by atoms with Crippen LogP contribution < -0.4 is 0 Å². The zero-order chi connectivity index (χ0) is 18.0. The summed E-state index contributed by atoms with van der Waals surface area (Å²) in [6, 6.07) is 6.49. The number of halogens is 2. The molecule has 1 saturated heterocycles. The molecule has 138 valence electrons. The number of benzene rings is 1. The van der Waals surface area contributed by atoms with Crippen LogP contribution in [0.25, 0.3) is 0 Å². The normalized spacial score (nSPS) is 27.3. The minimum Gasteiger partial charge on any atom is -0.372 e. The van der Waals surface area contributed by atoms with Crippen molar-refractivity contribution in [2.45, 2.75) is 64.8 Å². The van der Waals surface area contributed by atoms with Gasteiger partial charge in [0.2, 0.25) is 0 Å². The van der Waals surface area contributed by atoms with E-state index in [0.29, 0.717) is 12.0 Å². The lowest BCUT2D eigenvalue weighted by molar-refractivity contribution is 0.177. The van der Waals surface area contributed by atoms with Gasteiger partial charge in [-0.15, -0.1) is 0 Å². The highest BCUT2D eigenvalue weighted by Gasteiger charge is 2.34. The highest BCUT2D eigenvalue weighted by molar-refractivity contribution is 6.36.